The molecule has 1 aliphatic rings. The van der Waals surface area contributed by atoms with Crippen LogP contribution in [0.3, 0.4) is 0 Å². The van der Waals surface area contributed by atoms with E-state index in [1.165, 1.54) is 12.1 Å². The van der Waals surface area contributed by atoms with E-state index in [4.69, 9.17) is 0 Å². The number of urea groups is 1. The Morgan fingerprint density at radius 1 is 1.19 bits per heavy atom. The van der Waals surface area contributed by atoms with Gasteiger partial charge in [0.05, 0.1) is 6.04 Å². The molecule has 5 nitrogen and oxygen atoms in total. The number of hydrogen-bond donors (Lipinski definition) is 1. The maximum atomic E-state index is 13.3. The maximum Gasteiger partial charge on any atom is 0.318 e. The van der Waals surface area contributed by atoms with E-state index in [0.717, 1.165) is 23.0 Å². The number of nitrogens with one attached hydrogen (secondary N) is 1. The monoisotopic (exact) mass is 355 g/mol. The van der Waals surface area contributed by atoms with Crippen LogP contribution in [0.15, 0.2) is 42.5 Å². The van der Waals surface area contributed by atoms with Gasteiger partial charge in [0.1, 0.15) is 12.1 Å². The SMILES string of the molecule is CN(C)C(CNC(=O)N1Cc2ccc(F)cc2C1)c1ccc(C=O)cc1. The molecule has 0 aliphatic carbocycles. The molecule has 6 heteroatoms. The van der Waals surface area contributed by atoms with Crippen LogP contribution in [0.1, 0.15) is 33.1 Å². The van der Waals surface area contributed by atoms with Gasteiger partial charge in [-0.25, -0.2) is 9.18 Å². The van der Waals surface area contributed by atoms with Gasteiger partial charge in [0.25, 0.3) is 0 Å². The molecule has 0 saturated carbocycles. The van der Waals surface area contributed by atoms with Gasteiger partial charge in [0.15, 0.2) is 0 Å². The van der Waals surface area contributed by atoms with Crippen LogP contribution < -0.4 is 5.32 Å². The number of rotatable bonds is 5. The van der Waals surface area contributed by atoms with Crippen molar-refractivity contribution >= 4 is 12.3 Å². The highest BCUT2D eigenvalue weighted by Crippen LogP contribution is 2.24. The topological polar surface area (TPSA) is 52.7 Å². The number of benzene rings is 2. The molecular formula is C20H22FN3O2. The van der Waals surface area contributed by atoms with Crippen LogP contribution in [0, 0.1) is 5.82 Å². The van der Waals surface area contributed by atoms with Gasteiger partial charge < -0.3 is 15.1 Å². The third-order valence-corrected chi connectivity index (χ3v) is 4.71. The molecule has 1 aliphatic heterocycles. The fourth-order valence-electron chi connectivity index (χ4n) is 3.20. The second-order valence-corrected chi connectivity index (χ2v) is 6.72. The van der Waals surface area contributed by atoms with Crippen molar-refractivity contribution in [3.63, 3.8) is 0 Å². The lowest BCUT2D eigenvalue weighted by molar-refractivity contribution is 0.112. The second-order valence-electron chi connectivity index (χ2n) is 6.72. The predicted molar refractivity (Wildman–Crippen MR) is 97.3 cm³/mol. The Balaban J connectivity index is 1.62. The normalized spacial score (nSPS) is 14.2. The zero-order chi connectivity index (χ0) is 18.7. The fraction of sp³-hybridized carbons (Fsp3) is 0.300. The van der Waals surface area contributed by atoms with Gasteiger partial charge in [-0.1, -0.05) is 30.3 Å². The number of halogens is 1. The number of aldehydes is 1. The molecule has 1 heterocycles. The van der Waals surface area contributed by atoms with E-state index in [-0.39, 0.29) is 17.9 Å². The summed E-state index contributed by atoms with van der Waals surface area (Å²) in [7, 11) is 3.89. The highest BCUT2D eigenvalue weighted by atomic mass is 19.1. The molecule has 3 rings (SSSR count). The van der Waals surface area contributed by atoms with Gasteiger partial charge in [0.2, 0.25) is 0 Å². The van der Waals surface area contributed by atoms with E-state index < -0.39 is 0 Å². The van der Waals surface area contributed by atoms with E-state index in [9.17, 15) is 14.0 Å². The summed E-state index contributed by atoms with van der Waals surface area (Å²) in [5, 5.41) is 2.96. The van der Waals surface area contributed by atoms with Gasteiger partial charge in [0, 0.05) is 25.2 Å². The van der Waals surface area contributed by atoms with Crippen LogP contribution in [0.25, 0.3) is 0 Å². The number of carbonyl (C=O) groups is 2. The first-order valence-electron chi connectivity index (χ1n) is 8.49. The van der Waals surface area contributed by atoms with E-state index >= 15 is 0 Å². The molecule has 1 unspecified atom stereocenters. The van der Waals surface area contributed by atoms with Crippen molar-refractivity contribution < 1.29 is 14.0 Å². The molecule has 1 N–H and O–H groups in total. The molecule has 2 amide bonds. The molecule has 0 fully saturated rings. The summed E-state index contributed by atoms with van der Waals surface area (Å²) >= 11 is 0. The van der Waals surface area contributed by atoms with Crippen LogP contribution in [-0.4, -0.2) is 42.8 Å². The van der Waals surface area contributed by atoms with Crippen molar-refractivity contribution in [2.24, 2.45) is 0 Å². The minimum atomic E-state index is -0.280. The summed E-state index contributed by atoms with van der Waals surface area (Å²) in [5.41, 5.74) is 3.48. The number of nitrogens with zero attached hydrogens (tertiary/aromatic N) is 2. The molecule has 136 valence electrons. The van der Waals surface area contributed by atoms with E-state index in [1.807, 2.05) is 31.1 Å². The summed E-state index contributed by atoms with van der Waals surface area (Å²) in [4.78, 5) is 27.0. The highest BCUT2D eigenvalue weighted by molar-refractivity contribution is 5.75. The van der Waals surface area contributed by atoms with Crippen LogP contribution in [0.2, 0.25) is 0 Å². The van der Waals surface area contributed by atoms with Crippen LogP contribution in [0.4, 0.5) is 9.18 Å². The van der Waals surface area contributed by atoms with E-state index in [2.05, 4.69) is 5.32 Å². The van der Waals surface area contributed by atoms with E-state index in [1.54, 1.807) is 23.1 Å². The Morgan fingerprint density at radius 2 is 1.88 bits per heavy atom. The third-order valence-electron chi connectivity index (χ3n) is 4.71. The Hall–Kier alpha value is -2.73. The van der Waals surface area contributed by atoms with Crippen molar-refractivity contribution in [1.82, 2.24) is 15.1 Å². The largest absolute Gasteiger partial charge is 0.336 e. The first-order valence-corrected chi connectivity index (χ1v) is 8.49. The zero-order valence-corrected chi connectivity index (χ0v) is 14.9. The smallest absolute Gasteiger partial charge is 0.318 e. The van der Waals surface area contributed by atoms with Gasteiger partial charge in [-0.2, -0.15) is 0 Å². The van der Waals surface area contributed by atoms with Gasteiger partial charge in [-0.15, -0.1) is 0 Å². The molecule has 0 bridgehead atoms. The van der Waals surface area contributed by atoms with Crippen molar-refractivity contribution in [2.75, 3.05) is 20.6 Å². The average molecular weight is 355 g/mol. The Morgan fingerprint density at radius 3 is 2.54 bits per heavy atom. The molecule has 26 heavy (non-hydrogen) atoms. The van der Waals surface area contributed by atoms with Crippen LogP contribution in [-0.2, 0) is 13.1 Å². The van der Waals surface area contributed by atoms with Crippen molar-refractivity contribution in [3.8, 4) is 0 Å². The van der Waals surface area contributed by atoms with Gasteiger partial charge in [-0.3, -0.25) is 4.79 Å². The lowest BCUT2D eigenvalue weighted by Crippen LogP contribution is -2.41. The van der Waals surface area contributed by atoms with Crippen LogP contribution in [0.5, 0.6) is 0 Å². The molecule has 0 spiro atoms. The molecule has 0 radical (unpaired) electrons. The summed E-state index contributed by atoms with van der Waals surface area (Å²) in [6, 6.07) is 11.8. The molecule has 0 saturated heterocycles. The Kier molecular flexibility index (Phi) is 5.32. The summed E-state index contributed by atoms with van der Waals surface area (Å²) in [5.74, 6) is -0.280. The number of likely N-dealkylation sites (N-methyl/N-ethyl adjacent to an activating group) is 1. The van der Waals surface area contributed by atoms with Crippen molar-refractivity contribution in [2.45, 2.75) is 19.1 Å². The molecule has 0 aromatic heterocycles. The quantitative estimate of drug-likeness (QED) is 0.839. The lowest BCUT2D eigenvalue weighted by Gasteiger charge is -2.26. The van der Waals surface area contributed by atoms with E-state index in [0.29, 0.717) is 25.2 Å². The number of hydrogen-bond acceptors (Lipinski definition) is 3. The lowest BCUT2D eigenvalue weighted by atomic mass is 10.0. The fourth-order valence-corrected chi connectivity index (χ4v) is 3.20. The average Bonchev–Trinajstić information content (AvgIpc) is 3.05. The minimum absolute atomic E-state index is 0.0120. The second kappa shape index (κ2) is 7.66. The minimum Gasteiger partial charge on any atom is -0.336 e. The molecular weight excluding hydrogens is 333 g/mol. The first-order chi connectivity index (χ1) is 12.5. The van der Waals surface area contributed by atoms with Crippen molar-refractivity contribution in [1.29, 1.82) is 0 Å². The summed E-state index contributed by atoms with van der Waals surface area (Å²) in [6.45, 7) is 1.34. The Labute approximate surface area is 152 Å². The predicted octanol–water partition coefficient (Wildman–Crippen LogP) is 2.97. The van der Waals surface area contributed by atoms with Crippen LogP contribution >= 0.6 is 0 Å². The Bertz CT molecular complexity index is 805. The summed E-state index contributed by atoms with van der Waals surface area (Å²) < 4.78 is 13.3. The number of amides is 2. The number of carbonyl (C=O) groups excluding carboxylic acids is 2. The first kappa shape index (κ1) is 18.1. The van der Waals surface area contributed by atoms with Gasteiger partial charge in [-0.05, 0) is 42.9 Å². The van der Waals surface area contributed by atoms with Gasteiger partial charge >= 0.3 is 6.03 Å². The highest BCUT2D eigenvalue weighted by Gasteiger charge is 2.24. The summed E-state index contributed by atoms with van der Waals surface area (Å²) in [6.07, 6.45) is 0.810. The maximum absolute atomic E-state index is 13.3. The molecule has 2 aromatic rings. The van der Waals surface area contributed by atoms with Crippen molar-refractivity contribution in [3.05, 3.63) is 70.5 Å². The molecule has 2 aromatic carbocycles. The molecule has 1 atom stereocenters. The number of fused-ring (bicyclic) bond motifs is 1. The standard InChI is InChI=1S/C20H22FN3O2/c1-23(2)19(15-5-3-14(13-25)4-6-15)10-22-20(26)24-11-16-7-8-18(21)9-17(16)12-24/h3-9,13,19H,10-12H2,1-2H3,(H,22,26). The zero-order valence-electron chi connectivity index (χ0n) is 14.9. The third kappa shape index (κ3) is 3.91.